The number of H-pyrrole nitrogens is 1. The molecule has 158 valence electrons. The number of amides is 1. The fraction of sp³-hybridized carbons (Fsp3) is 0.368. The van der Waals surface area contributed by atoms with Crippen LogP contribution in [-0.2, 0) is 9.47 Å². The molecule has 1 aliphatic rings. The number of anilines is 3. The standard InChI is InChI=1S/C19H24N8O3/c1-10-9-30-12(7-22-19(28)29-2)8-27(10)16-6-14(23-18(21)24-16)11-3-4-13-15(5-11)25-26-17(13)20/h3-6,10,12H,7-9H2,1-2H3,(H,22,28)(H3,20,25,26)(H2,21,23,24). The van der Waals surface area contributed by atoms with Crippen molar-refractivity contribution in [3.05, 3.63) is 24.3 Å². The smallest absolute Gasteiger partial charge is 0.406 e. The molecule has 0 bridgehead atoms. The van der Waals surface area contributed by atoms with Crippen LogP contribution in [0.4, 0.5) is 22.4 Å². The van der Waals surface area contributed by atoms with Crippen molar-refractivity contribution in [2.24, 2.45) is 0 Å². The van der Waals surface area contributed by atoms with Crippen LogP contribution in [0.15, 0.2) is 24.3 Å². The van der Waals surface area contributed by atoms with Gasteiger partial charge >= 0.3 is 6.09 Å². The van der Waals surface area contributed by atoms with E-state index in [1.54, 1.807) is 0 Å². The van der Waals surface area contributed by atoms with Crippen molar-refractivity contribution in [1.82, 2.24) is 25.5 Å². The lowest BCUT2D eigenvalue weighted by atomic mass is 10.1. The summed E-state index contributed by atoms with van der Waals surface area (Å²) < 4.78 is 10.4. The molecule has 0 saturated carbocycles. The number of alkyl carbamates (subject to hydrolysis) is 1. The minimum absolute atomic E-state index is 0.0800. The Morgan fingerprint density at radius 1 is 1.37 bits per heavy atom. The molecule has 0 spiro atoms. The predicted octanol–water partition coefficient (Wildman–Crippen LogP) is 1.13. The van der Waals surface area contributed by atoms with Crippen LogP contribution in [0.25, 0.3) is 22.2 Å². The number of benzene rings is 1. The highest BCUT2D eigenvalue weighted by Crippen LogP contribution is 2.28. The summed E-state index contributed by atoms with van der Waals surface area (Å²) in [5.41, 5.74) is 14.2. The molecule has 1 fully saturated rings. The first kappa shape index (κ1) is 19.7. The van der Waals surface area contributed by atoms with Gasteiger partial charge in [0, 0.05) is 30.1 Å². The van der Waals surface area contributed by atoms with Crippen LogP contribution >= 0.6 is 0 Å². The Kier molecular flexibility index (Phi) is 5.27. The van der Waals surface area contributed by atoms with Gasteiger partial charge in [-0.05, 0) is 19.1 Å². The number of nitrogen functional groups attached to an aromatic ring is 2. The molecule has 11 heteroatoms. The quantitative estimate of drug-likeness (QED) is 0.493. The molecule has 4 rings (SSSR count). The predicted molar refractivity (Wildman–Crippen MR) is 113 cm³/mol. The fourth-order valence-corrected chi connectivity index (χ4v) is 3.48. The zero-order valence-electron chi connectivity index (χ0n) is 16.8. The summed E-state index contributed by atoms with van der Waals surface area (Å²) in [6, 6.07) is 7.72. The molecule has 11 nitrogen and oxygen atoms in total. The lowest BCUT2D eigenvalue weighted by Gasteiger charge is -2.39. The maximum atomic E-state index is 11.4. The van der Waals surface area contributed by atoms with Gasteiger partial charge in [0.25, 0.3) is 0 Å². The third kappa shape index (κ3) is 3.92. The zero-order valence-corrected chi connectivity index (χ0v) is 16.8. The third-order valence-corrected chi connectivity index (χ3v) is 5.08. The van der Waals surface area contributed by atoms with Crippen molar-refractivity contribution in [3.63, 3.8) is 0 Å². The van der Waals surface area contributed by atoms with Gasteiger partial charge in [-0.2, -0.15) is 10.1 Å². The summed E-state index contributed by atoms with van der Waals surface area (Å²) in [5, 5.41) is 10.5. The Bertz CT molecular complexity index is 1070. The van der Waals surface area contributed by atoms with Crippen LogP contribution in [0.5, 0.6) is 0 Å². The van der Waals surface area contributed by atoms with E-state index in [2.05, 4.69) is 35.1 Å². The van der Waals surface area contributed by atoms with Crippen LogP contribution in [0.2, 0.25) is 0 Å². The molecule has 3 heterocycles. The summed E-state index contributed by atoms with van der Waals surface area (Å²) in [7, 11) is 1.32. The number of methoxy groups -OCH3 is 1. The van der Waals surface area contributed by atoms with Crippen LogP contribution in [0.1, 0.15) is 6.92 Å². The first-order valence-electron chi connectivity index (χ1n) is 9.53. The molecule has 1 aliphatic heterocycles. The van der Waals surface area contributed by atoms with E-state index in [1.807, 2.05) is 31.2 Å². The highest BCUT2D eigenvalue weighted by molar-refractivity contribution is 5.91. The summed E-state index contributed by atoms with van der Waals surface area (Å²) in [4.78, 5) is 22.3. The van der Waals surface area contributed by atoms with Gasteiger partial charge < -0.3 is 31.2 Å². The van der Waals surface area contributed by atoms with Crippen LogP contribution in [0, 0.1) is 0 Å². The van der Waals surface area contributed by atoms with E-state index in [-0.39, 0.29) is 18.1 Å². The average Bonchev–Trinajstić information content (AvgIpc) is 3.12. The number of rotatable bonds is 4. The normalized spacial score (nSPS) is 19.1. The molecule has 2 unspecified atom stereocenters. The summed E-state index contributed by atoms with van der Waals surface area (Å²) >= 11 is 0. The van der Waals surface area contributed by atoms with Crippen molar-refractivity contribution < 1.29 is 14.3 Å². The number of nitrogens with one attached hydrogen (secondary N) is 2. The first-order chi connectivity index (χ1) is 14.4. The largest absolute Gasteiger partial charge is 0.453 e. The number of carbonyl (C=O) groups is 1. The number of morpholine rings is 1. The van der Waals surface area contributed by atoms with Crippen LogP contribution < -0.4 is 21.7 Å². The van der Waals surface area contributed by atoms with Gasteiger partial charge in [0.15, 0.2) is 5.82 Å². The second-order valence-electron chi connectivity index (χ2n) is 7.17. The van der Waals surface area contributed by atoms with Gasteiger partial charge in [-0.25, -0.2) is 9.78 Å². The molecule has 0 radical (unpaired) electrons. The van der Waals surface area contributed by atoms with Gasteiger partial charge in [0.05, 0.1) is 37.1 Å². The van der Waals surface area contributed by atoms with Crippen molar-refractivity contribution in [2.75, 3.05) is 43.2 Å². The van der Waals surface area contributed by atoms with Crippen molar-refractivity contribution in [3.8, 4) is 11.3 Å². The molecule has 30 heavy (non-hydrogen) atoms. The summed E-state index contributed by atoms with van der Waals surface area (Å²) in [6.45, 7) is 3.41. The Balaban J connectivity index is 1.60. The Labute approximate surface area is 172 Å². The minimum atomic E-state index is -0.493. The number of aromatic amines is 1. The highest BCUT2D eigenvalue weighted by Gasteiger charge is 2.28. The maximum absolute atomic E-state index is 11.4. The number of fused-ring (bicyclic) bond motifs is 1. The van der Waals surface area contributed by atoms with Gasteiger partial charge in [0.1, 0.15) is 5.82 Å². The second kappa shape index (κ2) is 8.03. The third-order valence-electron chi connectivity index (χ3n) is 5.08. The average molecular weight is 412 g/mol. The summed E-state index contributed by atoms with van der Waals surface area (Å²) in [5.74, 6) is 1.32. The SMILES string of the molecule is COC(=O)NCC1CN(c2cc(-c3ccc4c(N)n[nH]c4c3)nc(N)n2)C(C)CO1. The van der Waals surface area contributed by atoms with E-state index in [0.717, 1.165) is 16.5 Å². The van der Waals surface area contributed by atoms with Gasteiger partial charge in [-0.15, -0.1) is 0 Å². The maximum Gasteiger partial charge on any atom is 0.406 e. The molecular weight excluding hydrogens is 388 g/mol. The number of nitrogens with zero attached hydrogens (tertiary/aromatic N) is 4. The molecule has 1 aromatic carbocycles. The highest BCUT2D eigenvalue weighted by atomic mass is 16.5. The van der Waals surface area contributed by atoms with E-state index >= 15 is 0 Å². The van der Waals surface area contributed by atoms with E-state index in [9.17, 15) is 4.79 Å². The summed E-state index contributed by atoms with van der Waals surface area (Å²) in [6.07, 6.45) is -0.698. The van der Waals surface area contributed by atoms with E-state index in [0.29, 0.717) is 37.0 Å². The van der Waals surface area contributed by atoms with Gasteiger partial charge in [0.2, 0.25) is 5.95 Å². The lowest BCUT2D eigenvalue weighted by molar-refractivity contribution is 0.0228. The Hall–Kier alpha value is -3.60. The van der Waals surface area contributed by atoms with Gasteiger partial charge in [-0.3, -0.25) is 5.10 Å². The van der Waals surface area contributed by atoms with Crippen molar-refractivity contribution in [2.45, 2.75) is 19.1 Å². The topological polar surface area (TPSA) is 157 Å². The number of ether oxygens (including phenoxy) is 2. The number of aromatic nitrogens is 4. The molecule has 3 aromatic rings. The Morgan fingerprint density at radius 2 is 2.20 bits per heavy atom. The van der Waals surface area contributed by atoms with E-state index in [4.69, 9.17) is 16.2 Å². The number of carbonyl (C=O) groups excluding carboxylic acids is 1. The van der Waals surface area contributed by atoms with Gasteiger partial charge in [-0.1, -0.05) is 6.07 Å². The van der Waals surface area contributed by atoms with Crippen LogP contribution in [0.3, 0.4) is 0 Å². The molecular formula is C19H24N8O3. The van der Waals surface area contributed by atoms with E-state index < -0.39 is 6.09 Å². The monoisotopic (exact) mass is 412 g/mol. The molecule has 6 N–H and O–H groups in total. The van der Waals surface area contributed by atoms with Crippen molar-refractivity contribution in [1.29, 1.82) is 0 Å². The number of hydrogen-bond acceptors (Lipinski definition) is 9. The molecule has 2 atom stereocenters. The second-order valence-corrected chi connectivity index (χ2v) is 7.17. The molecule has 1 saturated heterocycles. The minimum Gasteiger partial charge on any atom is -0.453 e. The number of hydrogen-bond donors (Lipinski definition) is 4. The molecule has 0 aliphatic carbocycles. The zero-order chi connectivity index (χ0) is 21.3. The molecule has 2 aromatic heterocycles. The van der Waals surface area contributed by atoms with E-state index in [1.165, 1.54) is 7.11 Å². The first-order valence-corrected chi connectivity index (χ1v) is 9.53. The lowest BCUT2D eigenvalue weighted by Crippen LogP contribution is -2.52. The van der Waals surface area contributed by atoms with Crippen LogP contribution in [-0.4, -0.2) is 65.2 Å². The van der Waals surface area contributed by atoms with Crippen molar-refractivity contribution >= 4 is 34.6 Å². The Morgan fingerprint density at radius 3 is 3.00 bits per heavy atom. The number of nitrogens with two attached hydrogens (primary N) is 2. The fourth-order valence-electron chi connectivity index (χ4n) is 3.48. The molecule has 1 amide bonds.